The fourth-order valence-electron chi connectivity index (χ4n) is 2.56. The van der Waals surface area contributed by atoms with E-state index < -0.39 is 11.9 Å². The third kappa shape index (κ3) is 6.57. The van der Waals surface area contributed by atoms with Crippen molar-refractivity contribution in [2.75, 3.05) is 20.8 Å². The first-order valence-corrected chi connectivity index (χ1v) is 9.56. The van der Waals surface area contributed by atoms with Crippen molar-refractivity contribution in [3.05, 3.63) is 48.5 Å². The van der Waals surface area contributed by atoms with Crippen molar-refractivity contribution in [2.24, 2.45) is 0 Å². The van der Waals surface area contributed by atoms with E-state index in [4.69, 9.17) is 23.7 Å². The zero-order valence-corrected chi connectivity index (χ0v) is 17.1. The van der Waals surface area contributed by atoms with Crippen LogP contribution in [0.5, 0.6) is 23.0 Å². The summed E-state index contributed by atoms with van der Waals surface area (Å²) >= 11 is 0. The Hall–Kier alpha value is -2.93. The summed E-state index contributed by atoms with van der Waals surface area (Å²) in [4.78, 5) is 12.2. The van der Waals surface area contributed by atoms with Gasteiger partial charge in [0.2, 0.25) is 0 Å². The highest BCUT2D eigenvalue weighted by Gasteiger charge is 2.47. The Balaban J connectivity index is 2.24. The zero-order valence-electron chi connectivity index (χ0n) is 17.1. The van der Waals surface area contributed by atoms with Crippen LogP contribution in [-0.2, 0) is 9.53 Å². The van der Waals surface area contributed by atoms with E-state index in [0.717, 1.165) is 19.3 Å². The maximum Gasteiger partial charge on any atom is 0.477 e. The van der Waals surface area contributed by atoms with Crippen LogP contribution >= 0.6 is 0 Å². The maximum absolute atomic E-state index is 12.2. The van der Waals surface area contributed by atoms with Crippen molar-refractivity contribution in [1.29, 1.82) is 0 Å². The Kier molecular flexibility index (Phi) is 8.61. The molecule has 0 fully saturated rings. The minimum atomic E-state index is -2.32. The summed E-state index contributed by atoms with van der Waals surface area (Å²) in [6.45, 7) is 2.28. The largest absolute Gasteiger partial charge is 0.497 e. The number of unbranched alkanes of at least 4 members (excludes halogenated alkanes) is 3. The van der Waals surface area contributed by atoms with E-state index in [1.807, 2.05) is 0 Å². The second-order valence-corrected chi connectivity index (χ2v) is 6.33. The number of aliphatic carboxylic acids is 1. The molecule has 2 aromatic carbocycles. The Labute approximate surface area is 171 Å². The number of benzene rings is 2. The summed E-state index contributed by atoms with van der Waals surface area (Å²) in [7, 11) is 3.09. The minimum Gasteiger partial charge on any atom is -0.497 e. The molecule has 0 bridgehead atoms. The summed E-state index contributed by atoms with van der Waals surface area (Å²) in [5, 5.41) is 9.93. The van der Waals surface area contributed by atoms with Gasteiger partial charge in [-0.3, -0.25) is 4.74 Å². The molecule has 0 amide bonds. The fraction of sp³-hybridized carbons (Fsp3) is 0.409. The van der Waals surface area contributed by atoms with E-state index in [-0.39, 0.29) is 18.1 Å². The van der Waals surface area contributed by atoms with Gasteiger partial charge in [-0.25, -0.2) is 4.79 Å². The van der Waals surface area contributed by atoms with E-state index >= 15 is 0 Å². The van der Waals surface area contributed by atoms with Crippen LogP contribution in [0.15, 0.2) is 48.5 Å². The zero-order chi connectivity index (χ0) is 21.1. The number of carboxylic acid groups (broad SMARTS) is 1. The van der Waals surface area contributed by atoms with Gasteiger partial charge >= 0.3 is 11.9 Å². The molecular weight excluding hydrogens is 376 g/mol. The van der Waals surface area contributed by atoms with E-state index in [1.54, 1.807) is 62.8 Å². The Morgan fingerprint density at radius 3 is 1.62 bits per heavy atom. The van der Waals surface area contributed by atoms with Crippen LogP contribution in [0.1, 0.15) is 32.6 Å². The van der Waals surface area contributed by atoms with E-state index in [2.05, 4.69) is 6.92 Å². The lowest BCUT2D eigenvalue weighted by Gasteiger charge is -2.30. The highest BCUT2D eigenvalue weighted by atomic mass is 16.9. The number of rotatable bonds is 13. The van der Waals surface area contributed by atoms with Gasteiger partial charge in [0.25, 0.3) is 0 Å². The number of methoxy groups -OCH3 is 2. The highest BCUT2D eigenvalue weighted by Crippen LogP contribution is 2.28. The molecule has 0 unspecified atom stereocenters. The predicted molar refractivity (Wildman–Crippen MR) is 108 cm³/mol. The molecule has 29 heavy (non-hydrogen) atoms. The molecule has 0 spiro atoms. The van der Waals surface area contributed by atoms with Gasteiger partial charge in [-0.1, -0.05) is 26.2 Å². The normalized spacial score (nSPS) is 11.0. The number of carboxylic acids is 1. The molecule has 0 aliphatic heterocycles. The average Bonchev–Trinajstić information content (AvgIpc) is 2.74. The lowest BCUT2D eigenvalue weighted by molar-refractivity contribution is -0.293. The topological polar surface area (TPSA) is 83.5 Å². The summed E-state index contributed by atoms with van der Waals surface area (Å²) in [6, 6.07) is 13.0. The molecule has 1 N–H and O–H groups in total. The molecule has 0 radical (unpaired) electrons. The van der Waals surface area contributed by atoms with E-state index in [0.29, 0.717) is 17.9 Å². The van der Waals surface area contributed by atoms with Crippen LogP contribution in [-0.4, -0.2) is 37.9 Å². The van der Waals surface area contributed by atoms with E-state index in [9.17, 15) is 9.90 Å². The van der Waals surface area contributed by atoms with Crippen molar-refractivity contribution < 1.29 is 33.6 Å². The second kappa shape index (κ2) is 11.2. The summed E-state index contributed by atoms with van der Waals surface area (Å²) in [5.74, 6) is -1.93. The lowest BCUT2D eigenvalue weighted by atomic mass is 10.2. The van der Waals surface area contributed by atoms with Gasteiger partial charge in [-0.05, 0) is 55.0 Å². The fourth-order valence-corrected chi connectivity index (χ4v) is 2.56. The standard InChI is InChI=1S/C22H28O7/c1-4-5-6-7-16-27-22(21(23)24,28-19-12-8-17(25-2)9-13-19)29-20-14-10-18(26-3)11-15-20/h8-15H,4-7,16H2,1-3H3,(H,23,24). The number of hydrogen-bond acceptors (Lipinski definition) is 6. The SMILES string of the molecule is CCCCCCOC(Oc1ccc(OC)cc1)(Oc1ccc(OC)cc1)C(=O)O. The quantitative estimate of drug-likeness (QED) is 0.389. The first-order chi connectivity index (χ1) is 14.0. The van der Waals surface area contributed by atoms with Gasteiger partial charge in [0.05, 0.1) is 20.8 Å². The first kappa shape index (κ1) is 22.4. The van der Waals surface area contributed by atoms with Crippen molar-refractivity contribution in [2.45, 2.75) is 38.6 Å². The Bertz CT molecular complexity index is 691. The van der Waals surface area contributed by atoms with Crippen LogP contribution in [0.2, 0.25) is 0 Å². The van der Waals surface area contributed by atoms with Gasteiger partial charge in [-0.15, -0.1) is 0 Å². The third-order valence-electron chi connectivity index (χ3n) is 4.18. The van der Waals surface area contributed by atoms with E-state index in [1.165, 1.54) is 0 Å². The van der Waals surface area contributed by atoms with Crippen molar-refractivity contribution >= 4 is 5.97 Å². The van der Waals surface area contributed by atoms with Gasteiger partial charge in [0.1, 0.15) is 23.0 Å². The van der Waals surface area contributed by atoms with Crippen molar-refractivity contribution in [1.82, 2.24) is 0 Å². The minimum absolute atomic E-state index is 0.179. The predicted octanol–water partition coefficient (Wildman–Crippen LogP) is 4.50. The Morgan fingerprint density at radius 2 is 1.24 bits per heavy atom. The van der Waals surface area contributed by atoms with Gasteiger partial charge in [0.15, 0.2) is 0 Å². The molecule has 0 saturated heterocycles. The lowest BCUT2D eigenvalue weighted by Crippen LogP contribution is -2.52. The summed E-state index contributed by atoms with van der Waals surface area (Å²) < 4.78 is 27.3. The van der Waals surface area contributed by atoms with Crippen LogP contribution in [0.4, 0.5) is 0 Å². The molecule has 0 aliphatic rings. The second-order valence-electron chi connectivity index (χ2n) is 6.33. The molecule has 0 atom stereocenters. The monoisotopic (exact) mass is 404 g/mol. The van der Waals surface area contributed by atoms with Crippen LogP contribution < -0.4 is 18.9 Å². The van der Waals surface area contributed by atoms with Crippen molar-refractivity contribution in [3.8, 4) is 23.0 Å². The molecule has 158 valence electrons. The molecule has 7 heteroatoms. The van der Waals surface area contributed by atoms with Crippen LogP contribution in [0.3, 0.4) is 0 Å². The van der Waals surface area contributed by atoms with Gasteiger partial charge < -0.3 is 24.1 Å². The molecule has 2 aromatic rings. The summed E-state index contributed by atoms with van der Waals surface area (Å²) in [5.41, 5.74) is 0. The molecular formula is C22H28O7. The molecule has 0 heterocycles. The van der Waals surface area contributed by atoms with Gasteiger partial charge in [0, 0.05) is 0 Å². The highest BCUT2D eigenvalue weighted by molar-refractivity contribution is 5.75. The van der Waals surface area contributed by atoms with Crippen LogP contribution in [0, 0.1) is 0 Å². The molecule has 7 nitrogen and oxygen atoms in total. The Morgan fingerprint density at radius 1 is 0.793 bits per heavy atom. The smallest absolute Gasteiger partial charge is 0.477 e. The number of hydrogen-bond donors (Lipinski definition) is 1. The maximum atomic E-state index is 12.2. The number of ether oxygens (including phenoxy) is 5. The summed E-state index contributed by atoms with van der Waals surface area (Å²) in [6.07, 6.45) is 3.73. The first-order valence-electron chi connectivity index (χ1n) is 9.56. The molecule has 0 saturated carbocycles. The average molecular weight is 404 g/mol. The van der Waals surface area contributed by atoms with Gasteiger partial charge in [-0.2, -0.15) is 0 Å². The third-order valence-corrected chi connectivity index (χ3v) is 4.18. The molecule has 0 aliphatic carbocycles. The number of carbonyl (C=O) groups is 1. The van der Waals surface area contributed by atoms with Crippen molar-refractivity contribution in [3.63, 3.8) is 0 Å². The molecule has 2 rings (SSSR count). The molecule has 0 aromatic heterocycles. The van der Waals surface area contributed by atoms with Crippen LogP contribution in [0.25, 0.3) is 0 Å².